The predicted octanol–water partition coefficient (Wildman–Crippen LogP) is 9.17. The summed E-state index contributed by atoms with van der Waals surface area (Å²) in [6.07, 6.45) is 4.76. The maximum atomic E-state index is 12.0. The Kier molecular flexibility index (Phi) is 27.9. The van der Waals surface area contributed by atoms with E-state index in [0.29, 0.717) is 71.2 Å². The minimum atomic E-state index is -0.865. The average Bonchev–Trinajstić information content (AvgIpc) is 4.22. The molecule has 5 heterocycles. The van der Waals surface area contributed by atoms with Crippen LogP contribution in [0.2, 0.25) is 0 Å². The van der Waals surface area contributed by atoms with Crippen molar-refractivity contribution in [3.63, 3.8) is 0 Å². The highest BCUT2D eigenvalue weighted by atomic mass is 16.6. The van der Waals surface area contributed by atoms with Crippen LogP contribution in [0.5, 0.6) is 0 Å². The van der Waals surface area contributed by atoms with Crippen molar-refractivity contribution >= 4 is 65.7 Å². The molecule has 0 amide bonds. The number of hydrogen-bond donors (Lipinski definition) is 0. The van der Waals surface area contributed by atoms with E-state index in [4.69, 9.17) is 47.4 Å². The smallest absolute Gasteiger partial charge is 0.347 e. The summed E-state index contributed by atoms with van der Waals surface area (Å²) in [4.78, 5) is 126. The maximum Gasteiger partial charge on any atom is 0.347 e. The Hall–Kier alpha value is -5.83. The molecule has 0 aromatic rings. The number of rotatable bonds is 19. The van der Waals surface area contributed by atoms with Gasteiger partial charge in [0.1, 0.15) is 23.4 Å². The van der Waals surface area contributed by atoms with Crippen LogP contribution in [0.3, 0.4) is 0 Å². The molecule has 476 valence electrons. The van der Waals surface area contributed by atoms with E-state index in [1.54, 1.807) is 41.5 Å². The third-order valence-corrected chi connectivity index (χ3v) is 16.1. The van der Waals surface area contributed by atoms with Gasteiger partial charge in [0.2, 0.25) is 6.10 Å². The number of hydrogen-bond acceptors (Lipinski definition) is 22. The standard InChI is InChI=1S/2C13H22O4.C12H18O6.C12H20O4.C11H18O4/c1-6-12(2,3)11(15)17-13(4,5)9-7-10(14)16-8-9;1-6-12(2,3)11(15)17-13(4,5)9-7-8-16-10(9)14;1-4-12(2,3)11(15)17-7-9(13)18-8-5-6-16-10(8)14;1-5-11(2,3)10(14)16-12(4)6-7-15-9(13)8-12;1-5-10(2,3)9(13)15-11(4)6-8(12)14-7-11/h2*9H,6-8H2,1-5H3;8H,4-7H2,1-3H3;5-8H2,1-4H3;5-7H2,1-4H3. The first-order valence-electron chi connectivity index (χ1n) is 28.9. The first-order chi connectivity index (χ1) is 37.8. The van der Waals surface area contributed by atoms with E-state index in [1.807, 2.05) is 104 Å². The minimum Gasteiger partial charge on any atom is -0.465 e. The Morgan fingerprint density at radius 2 is 0.904 bits per heavy atom. The van der Waals surface area contributed by atoms with Crippen LogP contribution in [0.4, 0.5) is 0 Å². The van der Waals surface area contributed by atoms with Crippen molar-refractivity contribution in [2.24, 2.45) is 38.9 Å². The quantitative estimate of drug-likeness (QED) is 0.0859. The molecule has 0 N–H and O–H groups in total. The molecule has 5 fully saturated rings. The fourth-order valence-corrected chi connectivity index (χ4v) is 7.16. The fourth-order valence-electron chi connectivity index (χ4n) is 7.16. The summed E-state index contributed by atoms with van der Waals surface area (Å²) in [6, 6.07) is 0. The van der Waals surface area contributed by atoms with Crippen molar-refractivity contribution in [1.29, 1.82) is 0 Å². The van der Waals surface area contributed by atoms with Crippen LogP contribution in [-0.2, 0) is 105 Å². The van der Waals surface area contributed by atoms with Crippen molar-refractivity contribution in [3.05, 3.63) is 0 Å². The van der Waals surface area contributed by atoms with Crippen LogP contribution >= 0.6 is 0 Å². The molecular formula is C61H100O22. The lowest BCUT2D eigenvalue weighted by Gasteiger charge is -2.35. The Morgan fingerprint density at radius 3 is 1.30 bits per heavy atom. The first kappa shape index (κ1) is 75.2. The number of ether oxygens (including phenoxy) is 11. The molecule has 0 spiro atoms. The van der Waals surface area contributed by atoms with Gasteiger partial charge in [-0.1, -0.05) is 34.6 Å². The molecule has 22 heteroatoms. The van der Waals surface area contributed by atoms with Gasteiger partial charge in [-0.2, -0.15) is 0 Å². The molecule has 83 heavy (non-hydrogen) atoms. The summed E-state index contributed by atoms with van der Waals surface area (Å²) in [6.45, 7) is 39.6. The number of esters is 11. The van der Waals surface area contributed by atoms with Crippen LogP contribution in [-0.4, -0.2) is 134 Å². The summed E-state index contributed by atoms with van der Waals surface area (Å²) in [5.41, 5.74) is -5.56. The van der Waals surface area contributed by atoms with Gasteiger partial charge in [-0.3, -0.25) is 43.2 Å². The van der Waals surface area contributed by atoms with Crippen molar-refractivity contribution in [1.82, 2.24) is 0 Å². The number of carbonyl (C=O) groups is 11. The molecule has 0 bridgehead atoms. The van der Waals surface area contributed by atoms with Gasteiger partial charge in [-0.25, -0.2) is 9.59 Å². The topological polar surface area (TPSA) is 289 Å². The van der Waals surface area contributed by atoms with Gasteiger partial charge in [0.25, 0.3) is 0 Å². The largest absolute Gasteiger partial charge is 0.465 e. The summed E-state index contributed by atoms with van der Waals surface area (Å²) in [5, 5.41) is 0. The average molecular weight is 1190 g/mol. The molecule has 5 saturated heterocycles. The molecule has 5 rings (SSSR count). The van der Waals surface area contributed by atoms with Gasteiger partial charge in [0, 0.05) is 18.8 Å². The van der Waals surface area contributed by atoms with E-state index in [0.717, 1.165) is 6.42 Å². The van der Waals surface area contributed by atoms with E-state index in [1.165, 1.54) is 0 Å². The lowest BCUT2D eigenvalue weighted by Crippen LogP contribution is -2.43. The van der Waals surface area contributed by atoms with Crippen LogP contribution in [0.15, 0.2) is 0 Å². The van der Waals surface area contributed by atoms with E-state index >= 15 is 0 Å². The Morgan fingerprint density at radius 1 is 0.482 bits per heavy atom. The second-order valence-electron chi connectivity index (χ2n) is 26.4. The molecular weight excluding hydrogens is 1080 g/mol. The zero-order chi connectivity index (χ0) is 64.4. The van der Waals surface area contributed by atoms with E-state index in [9.17, 15) is 52.7 Å². The van der Waals surface area contributed by atoms with Gasteiger partial charge >= 0.3 is 65.7 Å². The molecule has 5 unspecified atom stereocenters. The zero-order valence-electron chi connectivity index (χ0n) is 53.7. The van der Waals surface area contributed by atoms with Crippen LogP contribution < -0.4 is 0 Å². The van der Waals surface area contributed by atoms with E-state index in [2.05, 4.69) is 4.74 Å². The maximum absolute atomic E-state index is 12.0. The predicted molar refractivity (Wildman–Crippen MR) is 300 cm³/mol. The van der Waals surface area contributed by atoms with Crippen molar-refractivity contribution < 1.29 is 105 Å². The Labute approximate surface area is 492 Å². The second kappa shape index (κ2) is 30.8. The summed E-state index contributed by atoms with van der Waals surface area (Å²) in [7, 11) is 0. The molecule has 5 aliphatic rings. The van der Waals surface area contributed by atoms with E-state index in [-0.39, 0.29) is 85.6 Å². The number of carbonyl (C=O) groups excluding carboxylic acids is 11. The molecule has 0 radical (unpaired) electrons. The molecule has 5 aliphatic heterocycles. The molecule has 0 aromatic heterocycles. The third kappa shape index (κ3) is 24.0. The normalized spacial score (nSPS) is 22.7. The SMILES string of the molecule is CCC(C)(C)C(=O)OC(C)(C)C1CCOC1=O.CCC(C)(C)C(=O)OC(C)(C)C1COC(=O)C1.CCC(C)(C)C(=O)OC1(C)CCOC(=O)C1.CCC(C)(C)C(=O)OC1(C)COC(=O)C1.CCC(C)(C)C(=O)OCC(=O)OC1CCOC1=O. The third-order valence-electron chi connectivity index (χ3n) is 16.1. The van der Waals surface area contributed by atoms with Crippen LogP contribution in [0.1, 0.15) is 216 Å². The number of cyclic esters (lactones) is 5. The summed E-state index contributed by atoms with van der Waals surface area (Å²) < 4.78 is 55.6. The lowest BCUT2D eigenvalue weighted by atomic mass is 9.87. The minimum absolute atomic E-state index is 0.0494. The highest BCUT2D eigenvalue weighted by Gasteiger charge is 2.47. The summed E-state index contributed by atoms with van der Waals surface area (Å²) in [5.74, 6) is -4.22. The van der Waals surface area contributed by atoms with Gasteiger partial charge in [0.05, 0.1) is 78.7 Å². The van der Waals surface area contributed by atoms with Gasteiger partial charge in [-0.05, 0) is 149 Å². The highest BCUT2D eigenvalue weighted by Crippen LogP contribution is 2.36. The Bertz CT molecular complexity index is 2290. The van der Waals surface area contributed by atoms with Crippen molar-refractivity contribution in [3.8, 4) is 0 Å². The second-order valence-corrected chi connectivity index (χ2v) is 26.4. The molecule has 22 nitrogen and oxygen atoms in total. The molecule has 0 saturated carbocycles. The zero-order valence-corrected chi connectivity index (χ0v) is 53.7. The van der Waals surface area contributed by atoms with Gasteiger partial charge in [-0.15, -0.1) is 0 Å². The van der Waals surface area contributed by atoms with Gasteiger partial charge in [0.15, 0.2) is 12.2 Å². The monoisotopic (exact) mass is 1180 g/mol. The highest BCUT2D eigenvalue weighted by molar-refractivity contribution is 5.84. The fraction of sp³-hybridized carbons (Fsp3) is 0.820. The molecule has 0 aromatic carbocycles. The van der Waals surface area contributed by atoms with Gasteiger partial charge < -0.3 is 52.1 Å². The van der Waals surface area contributed by atoms with Crippen molar-refractivity contribution in [2.45, 2.75) is 245 Å². The molecule has 0 aliphatic carbocycles. The van der Waals surface area contributed by atoms with E-state index < -0.39 is 80.1 Å². The van der Waals surface area contributed by atoms with Crippen molar-refractivity contribution in [2.75, 3.05) is 39.6 Å². The van der Waals surface area contributed by atoms with Crippen LogP contribution in [0, 0.1) is 38.9 Å². The summed E-state index contributed by atoms with van der Waals surface area (Å²) >= 11 is 0. The lowest BCUT2D eigenvalue weighted by molar-refractivity contribution is -0.182. The van der Waals surface area contributed by atoms with Crippen LogP contribution in [0.25, 0.3) is 0 Å². The molecule has 5 atom stereocenters. The Balaban J connectivity index is 0.000000519. The first-order valence-corrected chi connectivity index (χ1v) is 28.9.